The number of amides is 2. The molecule has 11 nitrogen and oxygen atoms in total. The minimum Gasteiger partial charge on any atom is -0.447 e. The summed E-state index contributed by atoms with van der Waals surface area (Å²) in [5, 5.41) is 13.7. The van der Waals surface area contributed by atoms with Crippen molar-refractivity contribution in [2.75, 3.05) is 25.6 Å². The number of ether oxygens (including phenoxy) is 1. The summed E-state index contributed by atoms with van der Waals surface area (Å²) < 4.78 is 47.8. The highest BCUT2D eigenvalue weighted by molar-refractivity contribution is 7.46. The molecule has 0 aliphatic rings. The zero-order chi connectivity index (χ0) is 29.4. The summed E-state index contributed by atoms with van der Waals surface area (Å²) in [6.07, 6.45) is -1.23. The predicted octanol–water partition coefficient (Wildman–Crippen LogP) is 4.04. The molecule has 0 spiro atoms. The van der Waals surface area contributed by atoms with E-state index in [9.17, 15) is 28.0 Å². The maximum Gasteiger partial charge on any atom is 0.469 e. The fourth-order valence-electron chi connectivity index (χ4n) is 3.76. The van der Waals surface area contributed by atoms with Crippen molar-refractivity contribution in [2.45, 2.75) is 31.4 Å². The molecule has 15 heteroatoms. The average molecular weight is 602 g/mol. The molecule has 0 aliphatic heterocycles. The number of phosphoric acid groups is 1. The molecule has 0 saturated carbocycles. The first-order chi connectivity index (χ1) is 18.8. The van der Waals surface area contributed by atoms with Crippen LogP contribution in [0.25, 0.3) is 10.8 Å². The van der Waals surface area contributed by atoms with Crippen LogP contribution in [-0.4, -0.2) is 69.2 Å². The molecule has 3 rings (SSSR count). The fraction of sp³-hybridized carbons (Fsp3) is 0.320. The van der Waals surface area contributed by atoms with E-state index in [-0.39, 0.29) is 30.1 Å². The van der Waals surface area contributed by atoms with Gasteiger partial charge in [0.2, 0.25) is 5.91 Å². The number of phosphoric ester groups is 1. The number of nitrogens with zero attached hydrogens (tertiary/aromatic N) is 2. The van der Waals surface area contributed by atoms with Crippen LogP contribution in [0.3, 0.4) is 0 Å². The van der Waals surface area contributed by atoms with Gasteiger partial charge in [0.15, 0.2) is 0 Å². The van der Waals surface area contributed by atoms with Crippen molar-refractivity contribution in [3.8, 4) is 0 Å². The Kier molecular flexibility index (Phi) is 10.9. The topological polar surface area (TPSA) is 159 Å². The summed E-state index contributed by atoms with van der Waals surface area (Å²) in [4.78, 5) is 48.4. The van der Waals surface area contributed by atoms with E-state index < -0.39 is 56.8 Å². The van der Waals surface area contributed by atoms with Gasteiger partial charge in [-0.3, -0.25) is 14.6 Å². The van der Waals surface area contributed by atoms with Gasteiger partial charge in [-0.05, 0) is 54.1 Å². The van der Waals surface area contributed by atoms with Gasteiger partial charge in [-0.15, -0.1) is 0 Å². The van der Waals surface area contributed by atoms with Crippen molar-refractivity contribution in [2.24, 2.45) is 0 Å². The number of aliphatic hydroxyl groups excluding tert-OH is 1. The molecule has 40 heavy (non-hydrogen) atoms. The van der Waals surface area contributed by atoms with Crippen LogP contribution in [0, 0.1) is 11.6 Å². The molecule has 2 amide bonds. The van der Waals surface area contributed by atoms with Crippen LogP contribution >= 0.6 is 19.4 Å². The standard InChI is InChI=1S/C25H27ClF2N3O8P/c1-31(23(33)8-6-15-3-2-4-21(28)24(15)26)19(11-20(32)14-39-40(35,36)37)13-38-25(34)30-22-10-17-9-18(27)7-5-16(17)12-29-22/h2-5,7,9-10,12,19-20,32H,6,8,11,13-14H2,1H3,(H,29,30,34)(H2,35,36,37)/t19-,20?/m0/s1. The van der Waals surface area contributed by atoms with E-state index in [1.807, 2.05) is 0 Å². The second kappa shape index (κ2) is 13.9. The molecule has 1 unspecified atom stereocenters. The number of halogens is 3. The molecule has 3 aromatic rings. The molecule has 1 heterocycles. The molecule has 2 aromatic carbocycles. The summed E-state index contributed by atoms with van der Waals surface area (Å²) in [5.41, 5.74) is 0.411. The molecule has 216 valence electrons. The summed E-state index contributed by atoms with van der Waals surface area (Å²) in [7, 11) is -3.47. The number of carbonyl (C=O) groups is 2. The Balaban J connectivity index is 1.65. The molecular weight excluding hydrogens is 575 g/mol. The van der Waals surface area contributed by atoms with Gasteiger partial charge in [-0.1, -0.05) is 23.7 Å². The SMILES string of the molecule is CN(C(=O)CCc1cccc(F)c1Cl)[C@H](COC(=O)Nc1cc2cc(F)ccc2cn1)CC(O)COP(=O)(O)O. The van der Waals surface area contributed by atoms with Gasteiger partial charge in [0.05, 0.1) is 23.8 Å². The third-order valence-corrected chi connectivity index (χ3v) is 6.79. The maximum atomic E-state index is 13.7. The monoisotopic (exact) mass is 601 g/mol. The Bertz CT molecular complexity index is 1410. The van der Waals surface area contributed by atoms with Crippen molar-refractivity contribution in [3.63, 3.8) is 0 Å². The first-order valence-corrected chi connectivity index (χ1v) is 13.8. The Morgan fingerprint density at radius 3 is 2.62 bits per heavy atom. The number of likely N-dealkylation sites (N-methyl/N-ethyl adjacent to an activating group) is 1. The van der Waals surface area contributed by atoms with Crippen LogP contribution in [0.1, 0.15) is 18.4 Å². The number of rotatable bonds is 12. The first-order valence-electron chi connectivity index (χ1n) is 11.9. The molecular formula is C25H27ClF2N3O8P. The number of nitrogens with one attached hydrogen (secondary N) is 1. The Morgan fingerprint density at radius 2 is 1.90 bits per heavy atom. The van der Waals surface area contributed by atoms with Crippen molar-refractivity contribution < 1.29 is 47.1 Å². The number of benzene rings is 2. The highest BCUT2D eigenvalue weighted by atomic mass is 35.5. The third kappa shape index (κ3) is 9.47. The number of pyridine rings is 1. The van der Waals surface area contributed by atoms with E-state index in [1.165, 1.54) is 54.5 Å². The summed E-state index contributed by atoms with van der Waals surface area (Å²) in [6, 6.07) is 8.77. The molecule has 0 fully saturated rings. The Morgan fingerprint density at radius 1 is 1.15 bits per heavy atom. The van der Waals surface area contributed by atoms with Crippen LogP contribution in [0.2, 0.25) is 5.02 Å². The van der Waals surface area contributed by atoms with Gasteiger partial charge >= 0.3 is 13.9 Å². The lowest BCUT2D eigenvalue weighted by atomic mass is 10.1. The minimum atomic E-state index is -4.86. The lowest BCUT2D eigenvalue weighted by molar-refractivity contribution is -0.133. The maximum absolute atomic E-state index is 13.7. The molecule has 2 atom stereocenters. The normalized spacial score (nSPS) is 13.1. The summed E-state index contributed by atoms with van der Waals surface area (Å²) in [5.74, 6) is -1.48. The van der Waals surface area contributed by atoms with Gasteiger partial charge in [0.1, 0.15) is 24.1 Å². The lowest BCUT2D eigenvalue weighted by Crippen LogP contribution is -2.43. The number of aryl methyl sites for hydroxylation is 1. The number of hydrogen-bond donors (Lipinski definition) is 4. The molecule has 0 aliphatic carbocycles. The molecule has 0 bridgehead atoms. The summed E-state index contributed by atoms with van der Waals surface area (Å²) in [6.45, 7) is -1.17. The van der Waals surface area contributed by atoms with E-state index in [4.69, 9.17) is 26.1 Å². The van der Waals surface area contributed by atoms with Crippen molar-refractivity contribution in [1.29, 1.82) is 0 Å². The largest absolute Gasteiger partial charge is 0.469 e. The molecule has 4 N–H and O–H groups in total. The average Bonchev–Trinajstić information content (AvgIpc) is 2.89. The molecule has 1 aromatic heterocycles. The van der Waals surface area contributed by atoms with E-state index in [2.05, 4.69) is 14.8 Å². The van der Waals surface area contributed by atoms with Gasteiger partial charge in [0, 0.05) is 25.1 Å². The minimum absolute atomic E-state index is 0.0751. The van der Waals surface area contributed by atoms with Crippen molar-refractivity contribution in [3.05, 3.63) is 70.9 Å². The van der Waals surface area contributed by atoms with Crippen LogP contribution < -0.4 is 5.32 Å². The van der Waals surface area contributed by atoms with Crippen LogP contribution in [-0.2, 0) is 25.0 Å². The van der Waals surface area contributed by atoms with Crippen LogP contribution in [0.15, 0.2) is 48.7 Å². The Labute approximate surface area is 232 Å². The second-order valence-corrected chi connectivity index (χ2v) is 10.4. The zero-order valence-electron chi connectivity index (χ0n) is 21.2. The third-order valence-electron chi connectivity index (χ3n) is 5.88. The van der Waals surface area contributed by atoms with E-state index in [1.54, 1.807) is 6.07 Å². The zero-order valence-corrected chi connectivity index (χ0v) is 22.8. The van der Waals surface area contributed by atoms with Crippen LogP contribution in [0.5, 0.6) is 0 Å². The van der Waals surface area contributed by atoms with Gasteiger partial charge in [-0.2, -0.15) is 0 Å². The van der Waals surface area contributed by atoms with E-state index in [0.29, 0.717) is 16.3 Å². The number of anilines is 1. The van der Waals surface area contributed by atoms with Gasteiger partial charge < -0.3 is 24.5 Å². The van der Waals surface area contributed by atoms with Crippen LogP contribution in [0.4, 0.5) is 19.4 Å². The number of hydrogen-bond acceptors (Lipinski definition) is 7. The first kappa shape index (κ1) is 31.3. The highest BCUT2D eigenvalue weighted by Crippen LogP contribution is 2.36. The number of fused-ring (bicyclic) bond motifs is 1. The van der Waals surface area contributed by atoms with E-state index in [0.717, 1.165) is 0 Å². The lowest BCUT2D eigenvalue weighted by Gasteiger charge is -2.29. The smallest absolute Gasteiger partial charge is 0.447 e. The van der Waals surface area contributed by atoms with Crippen molar-refractivity contribution in [1.82, 2.24) is 9.88 Å². The Hall–Kier alpha value is -3.19. The quantitative estimate of drug-likeness (QED) is 0.225. The predicted molar refractivity (Wildman–Crippen MR) is 142 cm³/mol. The molecule has 0 radical (unpaired) electrons. The second-order valence-electron chi connectivity index (χ2n) is 8.83. The summed E-state index contributed by atoms with van der Waals surface area (Å²) >= 11 is 5.95. The number of aliphatic hydroxyl groups is 1. The van der Waals surface area contributed by atoms with E-state index >= 15 is 0 Å². The van der Waals surface area contributed by atoms with Gasteiger partial charge in [0.25, 0.3) is 0 Å². The highest BCUT2D eigenvalue weighted by Gasteiger charge is 2.26. The number of aromatic nitrogens is 1. The van der Waals surface area contributed by atoms with Crippen molar-refractivity contribution >= 4 is 48.0 Å². The van der Waals surface area contributed by atoms with Gasteiger partial charge in [-0.25, -0.2) is 23.1 Å². The number of carbonyl (C=O) groups excluding carboxylic acids is 2. The fourth-order valence-corrected chi connectivity index (χ4v) is 4.35. The molecule has 0 saturated heterocycles.